The van der Waals surface area contributed by atoms with Crippen LogP contribution in [-0.4, -0.2) is 13.1 Å². The molecular weight excluding hydrogens is 244 g/mol. The van der Waals surface area contributed by atoms with Crippen LogP contribution in [0.15, 0.2) is 35.0 Å². The van der Waals surface area contributed by atoms with Crippen LogP contribution in [0.3, 0.4) is 0 Å². The normalized spacial score (nSPS) is 10.1. The monoisotopic (exact) mass is 252 g/mol. The predicted octanol–water partition coefficient (Wildman–Crippen LogP) is 3.86. The number of halogens is 1. The van der Waals surface area contributed by atoms with Crippen LogP contribution in [0.2, 0.25) is 5.02 Å². The van der Waals surface area contributed by atoms with Gasteiger partial charge in [0.05, 0.1) is 12.7 Å². The van der Waals surface area contributed by atoms with Gasteiger partial charge >= 0.3 is 5.97 Å². The number of carbonyl (C=O) groups excluding carboxylic acids is 1. The second-order valence-electron chi connectivity index (χ2n) is 3.23. The number of hydrogen-bond donors (Lipinski definition) is 0. The molecule has 0 fully saturated rings. The molecule has 82 valence electrons. The summed E-state index contributed by atoms with van der Waals surface area (Å²) in [6, 6.07) is 7.19. The first kappa shape index (κ1) is 11.2. The molecule has 0 saturated carbocycles. The molecule has 0 bridgehead atoms. The molecule has 0 aliphatic carbocycles. The summed E-state index contributed by atoms with van der Waals surface area (Å²) in [7, 11) is 1.35. The van der Waals surface area contributed by atoms with Crippen LogP contribution in [-0.2, 0) is 4.74 Å². The molecule has 0 N–H and O–H groups in total. The Balaban J connectivity index is 2.48. The summed E-state index contributed by atoms with van der Waals surface area (Å²) in [5.41, 5.74) is 2.45. The SMILES string of the molecule is COC(=O)c1cc(Cl)cc(-c2ccsc2)c1. The molecule has 0 saturated heterocycles. The van der Waals surface area contributed by atoms with Crippen LogP contribution >= 0.6 is 22.9 Å². The molecule has 1 heterocycles. The molecule has 2 nitrogen and oxygen atoms in total. The molecule has 0 unspecified atom stereocenters. The number of methoxy groups -OCH3 is 1. The van der Waals surface area contributed by atoms with Gasteiger partial charge in [-0.15, -0.1) is 0 Å². The number of benzene rings is 1. The van der Waals surface area contributed by atoms with E-state index in [-0.39, 0.29) is 5.97 Å². The van der Waals surface area contributed by atoms with Crippen molar-refractivity contribution in [3.63, 3.8) is 0 Å². The highest BCUT2D eigenvalue weighted by atomic mass is 35.5. The minimum atomic E-state index is -0.376. The lowest BCUT2D eigenvalue weighted by molar-refractivity contribution is 0.0601. The first-order valence-electron chi connectivity index (χ1n) is 4.62. The Morgan fingerprint density at radius 3 is 2.75 bits per heavy atom. The first-order valence-corrected chi connectivity index (χ1v) is 5.94. The molecule has 0 atom stereocenters. The van der Waals surface area contributed by atoms with Gasteiger partial charge in [0.1, 0.15) is 0 Å². The Morgan fingerprint density at radius 1 is 1.31 bits per heavy atom. The molecule has 0 aliphatic rings. The van der Waals surface area contributed by atoms with E-state index in [1.54, 1.807) is 23.5 Å². The highest BCUT2D eigenvalue weighted by Crippen LogP contribution is 2.26. The van der Waals surface area contributed by atoms with Gasteiger partial charge in [-0.3, -0.25) is 0 Å². The maximum absolute atomic E-state index is 11.4. The summed E-state index contributed by atoms with van der Waals surface area (Å²) in [5, 5.41) is 4.52. The maximum Gasteiger partial charge on any atom is 0.337 e. The molecule has 16 heavy (non-hydrogen) atoms. The van der Waals surface area contributed by atoms with Crippen molar-refractivity contribution in [3.05, 3.63) is 45.6 Å². The van der Waals surface area contributed by atoms with Gasteiger partial charge in [0.2, 0.25) is 0 Å². The molecule has 0 aliphatic heterocycles. The second kappa shape index (κ2) is 4.68. The van der Waals surface area contributed by atoms with E-state index >= 15 is 0 Å². The van der Waals surface area contributed by atoms with E-state index in [0.717, 1.165) is 11.1 Å². The van der Waals surface area contributed by atoms with E-state index in [1.165, 1.54) is 7.11 Å². The summed E-state index contributed by atoms with van der Waals surface area (Å²) in [4.78, 5) is 11.4. The molecule has 0 spiro atoms. The lowest BCUT2D eigenvalue weighted by atomic mass is 10.1. The van der Waals surface area contributed by atoms with Crippen molar-refractivity contribution < 1.29 is 9.53 Å². The van der Waals surface area contributed by atoms with Gasteiger partial charge in [0.25, 0.3) is 0 Å². The van der Waals surface area contributed by atoms with E-state index in [9.17, 15) is 4.79 Å². The fraction of sp³-hybridized carbons (Fsp3) is 0.0833. The van der Waals surface area contributed by atoms with Gasteiger partial charge in [0.15, 0.2) is 0 Å². The Bertz CT molecular complexity index is 506. The summed E-state index contributed by atoms with van der Waals surface area (Å²) >= 11 is 7.56. The number of rotatable bonds is 2. The maximum atomic E-state index is 11.4. The zero-order chi connectivity index (χ0) is 11.5. The average molecular weight is 253 g/mol. The molecule has 1 aromatic heterocycles. The zero-order valence-electron chi connectivity index (χ0n) is 8.57. The number of esters is 1. The number of thiophene rings is 1. The second-order valence-corrected chi connectivity index (χ2v) is 4.45. The van der Waals surface area contributed by atoms with Gasteiger partial charge in [-0.25, -0.2) is 4.79 Å². The van der Waals surface area contributed by atoms with Gasteiger partial charge in [-0.05, 0) is 46.2 Å². The van der Waals surface area contributed by atoms with Crippen molar-refractivity contribution in [2.75, 3.05) is 7.11 Å². The Labute approximate surface area is 102 Å². The van der Waals surface area contributed by atoms with Gasteiger partial charge in [-0.1, -0.05) is 11.6 Å². The summed E-state index contributed by atoms with van der Waals surface area (Å²) < 4.78 is 4.67. The largest absolute Gasteiger partial charge is 0.465 e. The van der Waals surface area contributed by atoms with E-state index < -0.39 is 0 Å². The van der Waals surface area contributed by atoms with Crippen LogP contribution in [0.1, 0.15) is 10.4 Å². The van der Waals surface area contributed by atoms with E-state index in [0.29, 0.717) is 10.6 Å². The van der Waals surface area contributed by atoms with Crippen molar-refractivity contribution in [3.8, 4) is 11.1 Å². The van der Waals surface area contributed by atoms with Gasteiger partial charge < -0.3 is 4.74 Å². The molecule has 0 radical (unpaired) electrons. The number of ether oxygens (including phenoxy) is 1. The number of hydrogen-bond acceptors (Lipinski definition) is 3. The Hall–Kier alpha value is -1.32. The fourth-order valence-electron chi connectivity index (χ4n) is 1.42. The summed E-state index contributed by atoms with van der Waals surface area (Å²) in [6.07, 6.45) is 0. The standard InChI is InChI=1S/C12H9ClO2S/c1-15-12(14)10-4-9(5-11(13)6-10)8-2-3-16-7-8/h2-7H,1H3. The summed E-state index contributed by atoms with van der Waals surface area (Å²) in [5.74, 6) is -0.376. The quantitative estimate of drug-likeness (QED) is 0.759. The van der Waals surface area contributed by atoms with E-state index in [1.807, 2.05) is 22.9 Å². The van der Waals surface area contributed by atoms with Crippen molar-refractivity contribution in [2.24, 2.45) is 0 Å². The molecule has 1 aromatic carbocycles. The Morgan fingerprint density at radius 2 is 2.12 bits per heavy atom. The lowest BCUT2D eigenvalue weighted by Gasteiger charge is -2.04. The number of carbonyl (C=O) groups is 1. The minimum Gasteiger partial charge on any atom is -0.465 e. The molecule has 4 heteroatoms. The lowest BCUT2D eigenvalue weighted by Crippen LogP contribution is -2.01. The fourth-order valence-corrected chi connectivity index (χ4v) is 2.32. The van der Waals surface area contributed by atoms with Crippen molar-refractivity contribution in [2.45, 2.75) is 0 Å². The van der Waals surface area contributed by atoms with Crippen LogP contribution < -0.4 is 0 Å². The Kier molecular flexibility index (Phi) is 3.27. The molecular formula is C12H9ClO2S. The molecule has 0 amide bonds. The zero-order valence-corrected chi connectivity index (χ0v) is 10.1. The topological polar surface area (TPSA) is 26.3 Å². The minimum absolute atomic E-state index is 0.376. The molecule has 2 aromatic rings. The van der Waals surface area contributed by atoms with Crippen LogP contribution in [0.5, 0.6) is 0 Å². The smallest absolute Gasteiger partial charge is 0.337 e. The average Bonchev–Trinajstić information content (AvgIpc) is 2.80. The van der Waals surface area contributed by atoms with Crippen LogP contribution in [0.4, 0.5) is 0 Å². The van der Waals surface area contributed by atoms with Gasteiger partial charge in [0, 0.05) is 5.02 Å². The predicted molar refractivity (Wildman–Crippen MR) is 66.1 cm³/mol. The van der Waals surface area contributed by atoms with Crippen molar-refractivity contribution >= 4 is 28.9 Å². The third-order valence-corrected chi connectivity index (χ3v) is 3.07. The highest BCUT2D eigenvalue weighted by molar-refractivity contribution is 7.08. The van der Waals surface area contributed by atoms with Gasteiger partial charge in [-0.2, -0.15) is 11.3 Å². The van der Waals surface area contributed by atoms with Crippen LogP contribution in [0.25, 0.3) is 11.1 Å². The summed E-state index contributed by atoms with van der Waals surface area (Å²) in [6.45, 7) is 0. The van der Waals surface area contributed by atoms with Crippen LogP contribution in [0, 0.1) is 0 Å². The van der Waals surface area contributed by atoms with E-state index in [4.69, 9.17) is 11.6 Å². The molecule has 2 rings (SSSR count). The van der Waals surface area contributed by atoms with Crippen molar-refractivity contribution in [1.82, 2.24) is 0 Å². The first-order chi connectivity index (χ1) is 7.70. The third-order valence-electron chi connectivity index (χ3n) is 2.17. The third kappa shape index (κ3) is 2.26. The van der Waals surface area contributed by atoms with Crippen molar-refractivity contribution in [1.29, 1.82) is 0 Å². The van der Waals surface area contributed by atoms with E-state index in [2.05, 4.69) is 4.74 Å². The highest BCUT2D eigenvalue weighted by Gasteiger charge is 2.09.